The molecule has 3 amide bonds. The Morgan fingerprint density at radius 1 is 1.03 bits per heavy atom. The Kier molecular flexibility index (Phi) is 11.8. The fourth-order valence-corrected chi connectivity index (χ4v) is 4.40. The van der Waals surface area contributed by atoms with Gasteiger partial charge in [0.2, 0.25) is 5.91 Å². The van der Waals surface area contributed by atoms with Crippen LogP contribution in [0.1, 0.15) is 88.6 Å². The second kappa shape index (κ2) is 14.5. The first kappa shape index (κ1) is 31.6. The van der Waals surface area contributed by atoms with Gasteiger partial charge in [-0.1, -0.05) is 75.2 Å². The molecule has 7 nitrogen and oxygen atoms in total. The van der Waals surface area contributed by atoms with E-state index in [1.165, 1.54) is 0 Å². The van der Waals surface area contributed by atoms with Crippen LogP contribution in [0.25, 0.3) is 6.08 Å². The first-order valence-electron chi connectivity index (χ1n) is 13.8. The number of unbranched alkanes of at least 4 members (excludes halogenated alkanes) is 3. The molecule has 0 fully saturated rings. The van der Waals surface area contributed by atoms with Gasteiger partial charge in [0.05, 0.1) is 0 Å². The Labute approximate surface area is 234 Å². The van der Waals surface area contributed by atoms with Gasteiger partial charge in [-0.2, -0.15) is 0 Å². The van der Waals surface area contributed by atoms with E-state index in [1.54, 1.807) is 38.7 Å². The third-order valence-corrected chi connectivity index (χ3v) is 6.39. The van der Waals surface area contributed by atoms with Gasteiger partial charge in [-0.25, -0.2) is 4.79 Å². The van der Waals surface area contributed by atoms with Crippen molar-refractivity contribution >= 4 is 29.7 Å². The zero-order chi connectivity index (χ0) is 29.2. The minimum Gasteiger partial charge on any atom is -0.444 e. The van der Waals surface area contributed by atoms with Crippen molar-refractivity contribution < 1.29 is 19.1 Å². The number of hydrogen-bond acceptors (Lipinski definition) is 4. The number of aryl methyl sites for hydroxylation is 2. The molecule has 0 saturated heterocycles. The maximum atomic E-state index is 14.0. The highest BCUT2D eigenvalue weighted by Crippen LogP contribution is 2.28. The number of ether oxygens (including phenoxy) is 1. The van der Waals surface area contributed by atoms with Crippen LogP contribution < -0.4 is 10.6 Å². The number of carbonyl (C=O) groups is 3. The van der Waals surface area contributed by atoms with Crippen LogP contribution >= 0.6 is 0 Å². The summed E-state index contributed by atoms with van der Waals surface area (Å²) in [6.45, 7) is 17.1. The maximum Gasteiger partial charge on any atom is 0.408 e. The summed E-state index contributed by atoms with van der Waals surface area (Å²) in [6, 6.07) is 11.5. The normalized spacial score (nSPS) is 12.7. The first-order valence-corrected chi connectivity index (χ1v) is 13.8. The third-order valence-electron chi connectivity index (χ3n) is 6.39. The molecule has 2 aromatic rings. The smallest absolute Gasteiger partial charge is 0.408 e. The number of rotatable bonds is 12. The van der Waals surface area contributed by atoms with Gasteiger partial charge < -0.3 is 20.3 Å². The minimum absolute atomic E-state index is 0.318. The van der Waals surface area contributed by atoms with Gasteiger partial charge >= 0.3 is 6.09 Å². The first-order chi connectivity index (χ1) is 18.4. The fraction of sp³-hybridized carbons (Fsp3) is 0.469. The predicted molar refractivity (Wildman–Crippen MR) is 159 cm³/mol. The average Bonchev–Trinajstić information content (AvgIpc) is 2.86. The third kappa shape index (κ3) is 9.57. The van der Waals surface area contributed by atoms with E-state index >= 15 is 0 Å². The second-order valence-electron chi connectivity index (χ2n) is 11.0. The quantitative estimate of drug-likeness (QED) is 0.288. The summed E-state index contributed by atoms with van der Waals surface area (Å²) in [7, 11) is 0. The summed E-state index contributed by atoms with van der Waals surface area (Å²) in [6.07, 6.45) is 4.75. The highest BCUT2D eigenvalue weighted by Gasteiger charge is 2.35. The van der Waals surface area contributed by atoms with E-state index in [0.717, 1.165) is 48.1 Å². The molecule has 2 atom stereocenters. The van der Waals surface area contributed by atoms with Crippen molar-refractivity contribution in [2.24, 2.45) is 0 Å². The zero-order valence-electron chi connectivity index (χ0n) is 24.6. The summed E-state index contributed by atoms with van der Waals surface area (Å²) in [5, 5.41) is 5.75. The highest BCUT2D eigenvalue weighted by molar-refractivity contribution is 5.99. The summed E-state index contributed by atoms with van der Waals surface area (Å²) < 4.78 is 5.37. The molecule has 0 bridgehead atoms. The largest absolute Gasteiger partial charge is 0.444 e. The van der Waals surface area contributed by atoms with Gasteiger partial charge in [0.25, 0.3) is 5.91 Å². The Bertz CT molecular complexity index is 1130. The number of nitrogens with one attached hydrogen (secondary N) is 2. The van der Waals surface area contributed by atoms with Crippen molar-refractivity contribution in [1.82, 2.24) is 10.2 Å². The lowest BCUT2D eigenvalue weighted by Gasteiger charge is -2.34. The maximum absolute atomic E-state index is 14.0. The van der Waals surface area contributed by atoms with Crippen LogP contribution in [0.15, 0.2) is 49.0 Å². The lowest BCUT2D eigenvalue weighted by Crippen LogP contribution is -2.51. The molecule has 0 spiro atoms. The summed E-state index contributed by atoms with van der Waals surface area (Å²) in [5.41, 5.74) is 3.40. The average molecular weight is 536 g/mol. The van der Waals surface area contributed by atoms with E-state index in [1.807, 2.05) is 56.3 Å². The number of benzene rings is 2. The van der Waals surface area contributed by atoms with Gasteiger partial charge in [-0.3, -0.25) is 9.59 Å². The molecule has 2 aromatic carbocycles. The topological polar surface area (TPSA) is 87.7 Å². The van der Waals surface area contributed by atoms with E-state index < -0.39 is 23.8 Å². The number of anilines is 1. The zero-order valence-corrected chi connectivity index (χ0v) is 24.6. The van der Waals surface area contributed by atoms with Gasteiger partial charge in [-0.15, -0.1) is 0 Å². The van der Waals surface area contributed by atoms with Crippen LogP contribution in [-0.2, 0) is 14.3 Å². The van der Waals surface area contributed by atoms with Crippen molar-refractivity contribution in [2.45, 2.75) is 91.8 Å². The molecule has 212 valence electrons. The molecule has 39 heavy (non-hydrogen) atoms. The van der Waals surface area contributed by atoms with Gasteiger partial charge in [-0.05, 0) is 76.3 Å². The van der Waals surface area contributed by atoms with E-state index in [-0.39, 0.29) is 11.8 Å². The molecule has 2 N–H and O–H groups in total. The van der Waals surface area contributed by atoms with Gasteiger partial charge in [0.1, 0.15) is 17.7 Å². The van der Waals surface area contributed by atoms with Crippen LogP contribution in [-0.4, -0.2) is 41.0 Å². The molecule has 2 rings (SSSR count). The lowest BCUT2D eigenvalue weighted by atomic mass is 9.99. The fourth-order valence-electron chi connectivity index (χ4n) is 4.40. The number of amides is 3. The van der Waals surface area contributed by atoms with Crippen molar-refractivity contribution in [1.29, 1.82) is 0 Å². The summed E-state index contributed by atoms with van der Waals surface area (Å²) in [4.78, 5) is 42.0. The molecule has 0 aliphatic rings. The van der Waals surface area contributed by atoms with E-state index in [0.29, 0.717) is 12.1 Å². The number of nitrogens with zero attached hydrogens (tertiary/aromatic N) is 1. The molecule has 7 heteroatoms. The predicted octanol–water partition coefficient (Wildman–Crippen LogP) is 6.95. The van der Waals surface area contributed by atoms with Crippen LogP contribution in [0.4, 0.5) is 10.5 Å². The van der Waals surface area contributed by atoms with Crippen LogP contribution in [0.3, 0.4) is 0 Å². The summed E-state index contributed by atoms with van der Waals surface area (Å²) in [5.74, 6) is -0.676. The lowest BCUT2D eigenvalue weighted by molar-refractivity contribution is -0.140. The number of para-hydroxylation sites is 1. The molecule has 2 unspecified atom stereocenters. The van der Waals surface area contributed by atoms with Gasteiger partial charge in [0.15, 0.2) is 0 Å². The van der Waals surface area contributed by atoms with Crippen molar-refractivity contribution in [3.05, 3.63) is 71.3 Å². The van der Waals surface area contributed by atoms with Crippen LogP contribution in [0, 0.1) is 13.8 Å². The Morgan fingerprint density at radius 2 is 1.67 bits per heavy atom. The standard InChI is InChI=1S/C32H45N3O4/c1-9-11-12-13-20-35(30(37)24(5)33-31(38)39-32(6,7)8)28(26-19-15-18-25(10-2)21-26)29(36)34-27-22(3)16-14-17-23(27)4/h10,14-19,21,24,28H,2,9,11-13,20H2,1,3-8H3,(H,33,38)(H,34,36). The molecule has 0 heterocycles. The van der Waals surface area contributed by atoms with Crippen molar-refractivity contribution in [3.8, 4) is 0 Å². The molecular formula is C32H45N3O4. The summed E-state index contributed by atoms with van der Waals surface area (Å²) >= 11 is 0. The van der Waals surface area contributed by atoms with Crippen molar-refractivity contribution in [3.63, 3.8) is 0 Å². The Morgan fingerprint density at radius 3 is 2.26 bits per heavy atom. The van der Waals surface area contributed by atoms with Crippen LogP contribution in [0.2, 0.25) is 0 Å². The number of alkyl carbamates (subject to hydrolysis) is 1. The molecule has 0 radical (unpaired) electrons. The number of carbonyl (C=O) groups excluding carboxylic acids is 3. The monoisotopic (exact) mass is 535 g/mol. The van der Waals surface area contributed by atoms with E-state index in [2.05, 4.69) is 24.1 Å². The van der Waals surface area contributed by atoms with Gasteiger partial charge in [0, 0.05) is 12.2 Å². The SMILES string of the molecule is C=Cc1cccc(C(C(=O)Nc2c(C)cccc2C)N(CCCCCC)C(=O)C(C)NC(=O)OC(C)(C)C)c1. The Hall–Kier alpha value is -3.61. The molecule has 0 aromatic heterocycles. The second-order valence-corrected chi connectivity index (χ2v) is 11.0. The molecule has 0 aliphatic carbocycles. The Balaban J connectivity index is 2.51. The molecular weight excluding hydrogens is 490 g/mol. The molecule has 0 aliphatic heterocycles. The van der Waals surface area contributed by atoms with Crippen molar-refractivity contribution in [2.75, 3.05) is 11.9 Å². The van der Waals surface area contributed by atoms with Crippen LogP contribution in [0.5, 0.6) is 0 Å². The molecule has 0 saturated carbocycles. The number of hydrogen-bond donors (Lipinski definition) is 2. The minimum atomic E-state index is -0.916. The van der Waals surface area contributed by atoms with E-state index in [9.17, 15) is 14.4 Å². The highest BCUT2D eigenvalue weighted by atomic mass is 16.6. The van der Waals surface area contributed by atoms with E-state index in [4.69, 9.17) is 4.74 Å².